The van der Waals surface area contributed by atoms with Gasteiger partial charge in [-0.15, -0.1) is 0 Å². The lowest BCUT2D eigenvalue weighted by Gasteiger charge is -2.29. The highest BCUT2D eigenvalue weighted by atomic mass is 19.1. The molecule has 0 unspecified atom stereocenters. The number of hydrogen-bond donors (Lipinski definition) is 3. The van der Waals surface area contributed by atoms with Crippen molar-refractivity contribution in [1.29, 1.82) is 0 Å². The number of carbonyl (C=O) groups excluding carboxylic acids is 1. The number of amides is 1. The molecule has 0 atom stereocenters. The summed E-state index contributed by atoms with van der Waals surface area (Å²) in [6.45, 7) is 9.18. The van der Waals surface area contributed by atoms with E-state index < -0.39 is 5.82 Å². The van der Waals surface area contributed by atoms with Crippen molar-refractivity contribution in [3.8, 4) is 0 Å². The van der Waals surface area contributed by atoms with Crippen LogP contribution in [0.5, 0.6) is 0 Å². The molecule has 1 amide bonds. The zero-order chi connectivity index (χ0) is 24.4. The fraction of sp³-hybridized carbons (Fsp3) is 0.222. The van der Waals surface area contributed by atoms with Crippen LogP contribution in [-0.4, -0.2) is 41.1 Å². The van der Waals surface area contributed by atoms with Gasteiger partial charge in [0, 0.05) is 16.6 Å². The number of halogens is 1. The number of nitrogens with one attached hydrogen (secondary N) is 3. The Labute approximate surface area is 202 Å². The van der Waals surface area contributed by atoms with Gasteiger partial charge in [-0.3, -0.25) is 9.89 Å². The number of H-pyrrole nitrogens is 1. The summed E-state index contributed by atoms with van der Waals surface area (Å²) in [6.07, 6.45) is 2.27. The van der Waals surface area contributed by atoms with E-state index in [1.54, 1.807) is 18.2 Å². The maximum atomic E-state index is 14.2. The molecule has 1 saturated heterocycles. The molecule has 1 aliphatic rings. The molecule has 3 N–H and O–H groups in total. The first-order valence-corrected chi connectivity index (χ1v) is 11.5. The van der Waals surface area contributed by atoms with Crippen molar-refractivity contribution in [3.05, 3.63) is 89.0 Å². The summed E-state index contributed by atoms with van der Waals surface area (Å²) in [5.41, 5.74) is 3.72. The molecule has 0 bridgehead atoms. The van der Waals surface area contributed by atoms with Crippen LogP contribution in [0.4, 0.5) is 27.3 Å². The van der Waals surface area contributed by atoms with E-state index in [0.29, 0.717) is 28.5 Å². The Balaban J connectivity index is 1.27. The van der Waals surface area contributed by atoms with Gasteiger partial charge in [0.15, 0.2) is 11.5 Å². The molecule has 2 heterocycles. The molecule has 0 saturated carbocycles. The minimum absolute atomic E-state index is 0.225. The molecular weight excluding hydrogens is 443 g/mol. The summed E-state index contributed by atoms with van der Waals surface area (Å²) < 4.78 is 14.2. The summed E-state index contributed by atoms with van der Waals surface area (Å²) in [6, 6.07) is 17.5. The molecule has 3 aromatic carbocycles. The molecule has 176 valence electrons. The fourth-order valence-corrected chi connectivity index (χ4v) is 4.45. The van der Waals surface area contributed by atoms with Crippen LogP contribution in [0.3, 0.4) is 0 Å². The number of likely N-dealkylation sites (tertiary alicyclic amines) is 1. The third-order valence-corrected chi connectivity index (χ3v) is 6.52. The first-order chi connectivity index (χ1) is 17.0. The Bertz CT molecular complexity index is 1410. The predicted octanol–water partition coefficient (Wildman–Crippen LogP) is 6.06. The second-order valence-corrected chi connectivity index (χ2v) is 8.89. The average Bonchev–Trinajstić information content (AvgIpc) is 3.27. The van der Waals surface area contributed by atoms with Crippen molar-refractivity contribution in [1.82, 2.24) is 15.1 Å². The van der Waals surface area contributed by atoms with Crippen molar-refractivity contribution in [3.63, 3.8) is 0 Å². The van der Waals surface area contributed by atoms with E-state index in [-0.39, 0.29) is 17.3 Å². The molecule has 4 aromatic rings. The number of carbonyl (C=O) groups is 1. The molecule has 0 spiro atoms. The summed E-state index contributed by atoms with van der Waals surface area (Å²) in [4.78, 5) is 18.4. The molecule has 35 heavy (non-hydrogen) atoms. The topological polar surface area (TPSA) is 77.4 Å². The lowest BCUT2D eigenvalue weighted by atomic mass is 9.89. The number of fused-ring (bicyclic) bond motifs is 1. The van der Waals surface area contributed by atoms with Crippen LogP contribution in [0.2, 0.25) is 0 Å². The van der Waals surface area contributed by atoms with Crippen molar-refractivity contribution >= 4 is 39.7 Å². The van der Waals surface area contributed by atoms with Gasteiger partial charge < -0.3 is 15.5 Å². The van der Waals surface area contributed by atoms with E-state index in [9.17, 15) is 9.18 Å². The van der Waals surface area contributed by atoms with Crippen LogP contribution < -0.4 is 10.6 Å². The Morgan fingerprint density at radius 2 is 1.89 bits per heavy atom. The monoisotopic (exact) mass is 468 g/mol. The molecule has 7 nitrogen and oxygen atoms in total. The highest BCUT2D eigenvalue weighted by molar-refractivity contribution is 6.08. The summed E-state index contributed by atoms with van der Waals surface area (Å²) in [5, 5.41) is 13.8. The first-order valence-electron chi connectivity index (χ1n) is 11.5. The zero-order valence-corrected chi connectivity index (χ0v) is 19.3. The lowest BCUT2D eigenvalue weighted by Crippen LogP contribution is -2.29. The molecule has 0 aliphatic carbocycles. The number of anilines is 3. The largest absolute Gasteiger partial charge is 0.353 e. The van der Waals surface area contributed by atoms with Gasteiger partial charge in [-0.05, 0) is 86.9 Å². The smallest absolute Gasteiger partial charge is 0.256 e. The summed E-state index contributed by atoms with van der Waals surface area (Å²) in [7, 11) is 2.15. The van der Waals surface area contributed by atoms with Gasteiger partial charge >= 0.3 is 0 Å². The minimum atomic E-state index is -0.502. The van der Waals surface area contributed by atoms with Gasteiger partial charge in [-0.2, -0.15) is 5.10 Å². The normalized spacial score (nSPS) is 14.5. The fourth-order valence-electron chi connectivity index (χ4n) is 4.45. The molecule has 1 aliphatic heterocycles. The van der Waals surface area contributed by atoms with Crippen molar-refractivity contribution in [2.75, 3.05) is 30.8 Å². The van der Waals surface area contributed by atoms with Crippen LogP contribution in [0.15, 0.2) is 60.7 Å². The lowest BCUT2D eigenvalue weighted by molar-refractivity contribution is 0.102. The average molecular weight is 469 g/mol. The Morgan fingerprint density at radius 1 is 1.11 bits per heavy atom. The number of benzene rings is 3. The SMILES string of the molecule is [C-]#[N+]c1ccc(Nc2ccc3c(NC(=O)c4ccc(C5CCN(C)CC5)cc4)n[nH]c3c2)c(F)c1. The molecular formula is C27H25FN6O. The number of piperidine rings is 1. The second kappa shape index (κ2) is 9.57. The summed E-state index contributed by atoms with van der Waals surface area (Å²) >= 11 is 0. The van der Waals surface area contributed by atoms with Crippen molar-refractivity contribution in [2.24, 2.45) is 0 Å². The third kappa shape index (κ3) is 4.86. The Hall–Kier alpha value is -4.22. The second-order valence-electron chi connectivity index (χ2n) is 8.89. The molecule has 1 aromatic heterocycles. The van der Waals surface area contributed by atoms with E-state index in [1.807, 2.05) is 18.2 Å². The van der Waals surface area contributed by atoms with Crippen LogP contribution in [0.1, 0.15) is 34.7 Å². The summed E-state index contributed by atoms with van der Waals surface area (Å²) in [5.74, 6) is 0.250. The van der Waals surface area contributed by atoms with E-state index in [1.165, 1.54) is 17.7 Å². The minimum Gasteiger partial charge on any atom is -0.353 e. The van der Waals surface area contributed by atoms with E-state index in [0.717, 1.165) is 31.3 Å². The predicted molar refractivity (Wildman–Crippen MR) is 136 cm³/mol. The maximum absolute atomic E-state index is 14.2. The molecule has 1 fully saturated rings. The number of aromatic amines is 1. The van der Waals surface area contributed by atoms with E-state index >= 15 is 0 Å². The quantitative estimate of drug-likeness (QED) is 0.311. The Kier molecular flexibility index (Phi) is 6.17. The molecule has 5 rings (SSSR count). The number of rotatable bonds is 5. The van der Waals surface area contributed by atoms with E-state index in [2.05, 4.69) is 49.8 Å². The van der Waals surface area contributed by atoms with Crippen LogP contribution in [0.25, 0.3) is 15.7 Å². The third-order valence-electron chi connectivity index (χ3n) is 6.52. The zero-order valence-electron chi connectivity index (χ0n) is 19.3. The van der Waals surface area contributed by atoms with Gasteiger partial charge in [0.05, 0.1) is 17.8 Å². The van der Waals surface area contributed by atoms with Gasteiger partial charge in [-0.1, -0.05) is 18.2 Å². The van der Waals surface area contributed by atoms with Crippen molar-refractivity contribution < 1.29 is 9.18 Å². The Morgan fingerprint density at radius 3 is 2.60 bits per heavy atom. The van der Waals surface area contributed by atoms with Crippen LogP contribution in [-0.2, 0) is 0 Å². The highest BCUT2D eigenvalue weighted by Crippen LogP contribution is 2.30. The van der Waals surface area contributed by atoms with Crippen LogP contribution >= 0.6 is 0 Å². The highest BCUT2D eigenvalue weighted by Gasteiger charge is 2.19. The standard InChI is InChI=1S/C27H25FN6O/c1-29-20-8-10-24(23(28)15-20)30-21-7-9-22-25(16-21)32-33-26(22)31-27(35)19-5-3-17(4-6-19)18-11-13-34(2)14-12-18/h3-10,15-16,18,30H,11-14H2,2H3,(H2,31,32,33,35). The number of aromatic nitrogens is 2. The van der Waals surface area contributed by atoms with Gasteiger partial charge in [0.1, 0.15) is 5.82 Å². The maximum Gasteiger partial charge on any atom is 0.256 e. The van der Waals surface area contributed by atoms with Crippen molar-refractivity contribution in [2.45, 2.75) is 18.8 Å². The first kappa shape index (κ1) is 22.6. The molecule has 8 heteroatoms. The van der Waals surface area contributed by atoms with Gasteiger partial charge in [-0.25, -0.2) is 9.24 Å². The van der Waals surface area contributed by atoms with E-state index in [4.69, 9.17) is 6.57 Å². The van der Waals surface area contributed by atoms with Gasteiger partial charge in [0.2, 0.25) is 0 Å². The number of hydrogen-bond acceptors (Lipinski definition) is 4. The number of nitrogens with zero attached hydrogens (tertiary/aromatic N) is 3. The van der Waals surface area contributed by atoms with Gasteiger partial charge in [0.25, 0.3) is 5.91 Å². The molecule has 0 radical (unpaired) electrons. The van der Waals surface area contributed by atoms with Crippen LogP contribution in [0, 0.1) is 12.4 Å².